The Labute approximate surface area is 87.9 Å². The van der Waals surface area contributed by atoms with Crippen molar-refractivity contribution in [1.82, 2.24) is 0 Å². The molecule has 0 aliphatic rings. The van der Waals surface area contributed by atoms with Crippen LogP contribution in [0.25, 0.3) is 0 Å². The Morgan fingerprint density at radius 1 is 1.40 bits per heavy atom. The Balaban J connectivity index is 2.94. The number of hydrogen-bond donors (Lipinski definition) is 2. The van der Waals surface area contributed by atoms with Crippen molar-refractivity contribution in [2.75, 3.05) is 5.32 Å². The number of carboxylic acid groups (broad SMARTS) is 1. The molecule has 4 nitrogen and oxygen atoms in total. The lowest BCUT2D eigenvalue weighted by molar-refractivity contribution is -0.136. The molecule has 0 aliphatic carbocycles. The molecule has 80 valence electrons. The Bertz CT molecular complexity index is 399. The Morgan fingerprint density at radius 2 is 2.07 bits per heavy atom. The van der Waals surface area contributed by atoms with E-state index in [1.165, 1.54) is 6.92 Å². The number of carboxylic acids is 1. The standard InChI is InChI=1S/C11H13NO3/c1-7-3-4-10(12-8(2)13)5-9(7)6-11(14)15/h3-5H,6H2,1-2H3,(H,12,13)(H,14,15). The molecule has 0 spiro atoms. The number of hydrogen-bond acceptors (Lipinski definition) is 2. The summed E-state index contributed by atoms with van der Waals surface area (Å²) >= 11 is 0. The van der Waals surface area contributed by atoms with Crippen LogP contribution < -0.4 is 5.32 Å². The highest BCUT2D eigenvalue weighted by Crippen LogP contribution is 2.15. The first-order chi connectivity index (χ1) is 6.99. The topological polar surface area (TPSA) is 66.4 Å². The molecule has 0 atom stereocenters. The van der Waals surface area contributed by atoms with Crippen LogP contribution in [0.5, 0.6) is 0 Å². The minimum atomic E-state index is -0.877. The summed E-state index contributed by atoms with van der Waals surface area (Å²) in [5.41, 5.74) is 2.25. The smallest absolute Gasteiger partial charge is 0.307 e. The van der Waals surface area contributed by atoms with Crippen LogP contribution in [-0.4, -0.2) is 17.0 Å². The molecular formula is C11H13NO3. The van der Waals surface area contributed by atoms with Gasteiger partial charge in [0.05, 0.1) is 6.42 Å². The van der Waals surface area contributed by atoms with Gasteiger partial charge in [0.25, 0.3) is 0 Å². The van der Waals surface area contributed by atoms with Crippen molar-refractivity contribution in [3.8, 4) is 0 Å². The van der Waals surface area contributed by atoms with E-state index in [4.69, 9.17) is 5.11 Å². The van der Waals surface area contributed by atoms with Gasteiger partial charge in [0.1, 0.15) is 0 Å². The third-order valence-electron chi connectivity index (χ3n) is 2.01. The molecule has 0 aliphatic heterocycles. The average molecular weight is 207 g/mol. The van der Waals surface area contributed by atoms with Gasteiger partial charge in [-0.05, 0) is 30.2 Å². The number of aliphatic carboxylic acids is 1. The van der Waals surface area contributed by atoms with Crippen molar-refractivity contribution < 1.29 is 14.7 Å². The summed E-state index contributed by atoms with van der Waals surface area (Å²) < 4.78 is 0. The lowest BCUT2D eigenvalue weighted by atomic mass is 10.0. The average Bonchev–Trinajstić information content (AvgIpc) is 2.09. The predicted molar refractivity (Wildman–Crippen MR) is 56.8 cm³/mol. The molecule has 0 heterocycles. The van der Waals surface area contributed by atoms with E-state index in [9.17, 15) is 9.59 Å². The Kier molecular flexibility index (Phi) is 3.44. The fourth-order valence-electron chi connectivity index (χ4n) is 1.31. The van der Waals surface area contributed by atoms with E-state index in [0.29, 0.717) is 11.3 Å². The van der Waals surface area contributed by atoms with Crippen LogP contribution in [0.1, 0.15) is 18.1 Å². The number of carbonyl (C=O) groups is 2. The van der Waals surface area contributed by atoms with E-state index >= 15 is 0 Å². The fourth-order valence-corrected chi connectivity index (χ4v) is 1.31. The van der Waals surface area contributed by atoms with E-state index in [-0.39, 0.29) is 12.3 Å². The molecule has 1 amide bonds. The molecule has 1 aromatic rings. The van der Waals surface area contributed by atoms with Crippen LogP contribution in [0.2, 0.25) is 0 Å². The molecule has 0 radical (unpaired) electrons. The molecule has 2 N–H and O–H groups in total. The highest BCUT2D eigenvalue weighted by molar-refractivity contribution is 5.89. The van der Waals surface area contributed by atoms with Crippen molar-refractivity contribution in [3.05, 3.63) is 29.3 Å². The zero-order valence-corrected chi connectivity index (χ0v) is 8.70. The summed E-state index contributed by atoms with van der Waals surface area (Å²) in [6, 6.07) is 5.23. The van der Waals surface area contributed by atoms with Crippen molar-refractivity contribution in [2.45, 2.75) is 20.3 Å². The van der Waals surface area contributed by atoms with Crippen LogP contribution in [0, 0.1) is 6.92 Å². The second-order valence-corrected chi connectivity index (χ2v) is 3.39. The van der Waals surface area contributed by atoms with Crippen molar-refractivity contribution in [1.29, 1.82) is 0 Å². The molecule has 0 unspecified atom stereocenters. The molecule has 0 saturated carbocycles. The summed E-state index contributed by atoms with van der Waals surface area (Å²) in [5, 5.41) is 11.3. The van der Waals surface area contributed by atoms with E-state index in [0.717, 1.165) is 5.56 Å². The highest BCUT2D eigenvalue weighted by atomic mass is 16.4. The van der Waals surface area contributed by atoms with E-state index in [1.54, 1.807) is 18.2 Å². The second kappa shape index (κ2) is 4.59. The number of nitrogens with one attached hydrogen (secondary N) is 1. The van der Waals surface area contributed by atoms with Crippen molar-refractivity contribution in [3.63, 3.8) is 0 Å². The maximum Gasteiger partial charge on any atom is 0.307 e. The first kappa shape index (κ1) is 11.2. The van der Waals surface area contributed by atoms with Crippen molar-refractivity contribution in [2.24, 2.45) is 0 Å². The van der Waals surface area contributed by atoms with Crippen LogP contribution in [-0.2, 0) is 16.0 Å². The number of aryl methyl sites for hydroxylation is 1. The third-order valence-corrected chi connectivity index (χ3v) is 2.01. The van der Waals surface area contributed by atoms with Gasteiger partial charge in [0, 0.05) is 12.6 Å². The lowest BCUT2D eigenvalue weighted by Crippen LogP contribution is -2.07. The first-order valence-electron chi connectivity index (χ1n) is 4.58. The van der Waals surface area contributed by atoms with Gasteiger partial charge in [-0.3, -0.25) is 9.59 Å². The number of benzene rings is 1. The lowest BCUT2D eigenvalue weighted by Gasteiger charge is -2.07. The quantitative estimate of drug-likeness (QED) is 0.790. The van der Waals surface area contributed by atoms with Crippen LogP contribution in [0.3, 0.4) is 0 Å². The van der Waals surface area contributed by atoms with Gasteiger partial charge in [-0.15, -0.1) is 0 Å². The van der Waals surface area contributed by atoms with Gasteiger partial charge in [0.15, 0.2) is 0 Å². The molecule has 0 fully saturated rings. The molecule has 15 heavy (non-hydrogen) atoms. The number of amides is 1. The molecule has 0 aromatic heterocycles. The summed E-state index contributed by atoms with van der Waals surface area (Å²) in [6.07, 6.45) is -0.0285. The predicted octanol–water partition coefficient (Wildman–Crippen LogP) is 1.58. The normalized spacial score (nSPS) is 9.73. The summed E-state index contributed by atoms with van der Waals surface area (Å²) in [7, 11) is 0. The van der Waals surface area contributed by atoms with Crippen LogP contribution in [0.15, 0.2) is 18.2 Å². The zero-order chi connectivity index (χ0) is 11.4. The third kappa shape index (κ3) is 3.42. The molecule has 1 rings (SSSR count). The van der Waals surface area contributed by atoms with Gasteiger partial charge in [0.2, 0.25) is 5.91 Å². The zero-order valence-electron chi connectivity index (χ0n) is 8.70. The summed E-state index contributed by atoms with van der Waals surface area (Å²) in [5.74, 6) is -1.04. The molecule has 0 bridgehead atoms. The summed E-state index contributed by atoms with van der Waals surface area (Å²) in [4.78, 5) is 21.4. The van der Waals surface area contributed by atoms with Gasteiger partial charge in [-0.2, -0.15) is 0 Å². The number of rotatable bonds is 3. The van der Waals surface area contributed by atoms with Gasteiger partial charge < -0.3 is 10.4 Å². The van der Waals surface area contributed by atoms with Crippen molar-refractivity contribution >= 4 is 17.6 Å². The van der Waals surface area contributed by atoms with Gasteiger partial charge in [-0.1, -0.05) is 6.07 Å². The first-order valence-corrected chi connectivity index (χ1v) is 4.58. The largest absolute Gasteiger partial charge is 0.481 e. The van der Waals surface area contributed by atoms with Gasteiger partial charge in [-0.25, -0.2) is 0 Å². The Hall–Kier alpha value is -1.84. The molecular weight excluding hydrogens is 194 g/mol. The van der Waals surface area contributed by atoms with Gasteiger partial charge >= 0.3 is 5.97 Å². The number of carbonyl (C=O) groups excluding carboxylic acids is 1. The maximum atomic E-state index is 10.8. The fraction of sp³-hybridized carbons (Fsp3) is 0.273. The van der Waals surface area contributed by atoms with Crippen LogP contribution >= 0.6 is 0 Å². The van der Waals surface area contributed by atoms with E-state index < -0.39 is 5.97 Å². The van der Waals surface area contributed by atoms with E-state index in [1.807, 2.05) is 6.92 Å². The minimum absolute atomic E-state index is 0.0285. The second-order valence-electron chi connectivity index (χ2n) is 3.39. The monoisotopic (exact) mass is 207 g/mol. The molecule has 1 aromatic carbocycles. The van der Waals surface area contributed by atoms with E-state index in [2.05, 4.69) is 5.32 Å². The SMILES string of the molecule is CC(=O)Nc1ccc(C)c(CC(=O)O)c1. The molecule has 0 saturated heterocycles. The highest BCUT2D eigenvalue weighted by Gasteiger charge is 2.05. The maximum absolute atomic E-state index is 10.8. The summed E-state index contributed by atoms with van der Waals surface area (Å²) in [6.45, 7) is 3.26. The van der Waals surface area contributed by atoms with Crippen LogP contribution in [0.4, 0.5) is 5.69 Å². The minimum Gasteiger partial charge on any atom is -0.481 e. The Morgan fingerprint density at radius 3 is 2.60 bits per heavy atom. The molecule has 4 heteroatoms. The number of anilines is 1.